The van der Waals surface area contributed by atoms with E-state index in [9.17, 15) is 4.79 Å². The maximum atomic E-state index is 11.5. The summed E-state index contributed by atoms with van der Waals surface area (Å²) in [5, 5.41) is 6.17. The SMILES string of the molecule is CC1C(=O)NCCCN1C1CNC1. The van der Waals surface area contributed by atoms with E-state index < -0.39 is 0 Å². The number of rotatable bonds is 1. The Hall–Kier alpha value is -0.610. The zero-order valence-corrected chi connectivity index (χ0v) is 8.05. The minimum Gasteiger partial charge on any atom is -0.355 e. The molecule has 0 spiro atoms. The van der Waals surface area contributed by atoms with Gasteiger partial charge in [-0.15, -0.1) is 0 Å². The van der Waals surface area contributed by atoms with Crippen molar-refractivity contribution in [3.05, 3.63) is 0 Å². The minimum absolute atomic E-state index is 0.0506. The van der Waals surface area contributed by atoms with E-state index in [1.165, 1.54) is 0 Å². The van der Waals surface area contributed by atoms with E-state index in [2.05, 4.69) is 15.5 Å². The van der Waals surface area contributed by atoms with E-state index in [1.807, 2.05) is 6.92 Å². The van der Waals surface area contributed by atoms with Gasteiger partial charge in [0.15, 0.2) is 0 Å². The molecule has 0 aromatic rings. The normalized spacial score (nSPS) is 32.1. The lowest BCUT2D eigenvalue weighted by Crippen LogP contribution is -2.61. The van der Waals surface area contributed by atoms with Crippen molar-refractivity contribution < 1.29 is 4.79 Å². The Morgan fingerprint density at radius 1 is 1.46 bits per heavy atom. The first-order valence-corrected chi connectivity index (χ1v) is 5.03. The average molecular weight is 183 g/mol. The highest BCUT2D eigenvalue weighted by atomic mass is 16.2. The number of nitrogens with one attached hydrogen (secondary N) is 2. The van der Waals surface area contributed by atoms with Crippen molar-refractivity contribution in [3.8, 4) is 0 Å². The first kappa shape index (κ1) is 8.97. The molecule has 2 saturated heterocycles. The van der Waals surface area contributed by atoms with Gasteiger partial charge in [0.1, 0.15) is 0 Å². The van der Waals surface area contributed by atoms with Gasteiger partial charge in [-0.2, -0.15) is 0 Å². The molecule has 2 aliphatic heterocycles. The van der Waals surface area contributed by atoms with E-state index in [4.69, 9.17) is 0 Å². The van der Waals surface area contributed by atoms with Gasteiger partial charge in [-0.3, -0.25) is 9.69 Å². The summed E-state index contributed by atoms with van der Waals surface area (Å²) in [5.41, 5.74) is 0. The van der Waals surface area contributed by atoms with E-state index in [0.717, 1.165) is 32.6 Å². The number of hydrogen-bond acceptors (Lipinski definition) is 3. The van der Waals surface area contributed by atoms with Crippen LogP contribution in [0.1, 0.15) is 13.3 Å². The van der Waals surface area contributed by atoms with Gasteiger partial charge in [-0.25, -0.2) is 0 Å². The summed E-state index contributed by atoms with van der Waals surface area (Å²) in [5.74, 6) is 0.185. The van der Waals surface area contributed by atoms with Gasteiger partial charge in [-0.05, 0) is 13.3 Å². The van der Waals surface area contributed by atoms with Crippen molar-refractivity contribution in [1.29, 1.82) is 0 Å². The van der Waals surface area contributed by atoms with Crippen LogP contribution in [0.4, 0.5) is 0 Å². The monoisotopic (exact) mass is 183 g/mol. The first-order chi connectivity index (χ1) is 6.29. The highest BCUT2D eigenvalue weighted by Gasteiger charge is 2.32. The molecule has 1 amide bonds. The molecule has 0 radical (unpaired) electrons. The Morgan fingerprint density at radius 2 is 2.23 bits per heavy atom. The van der Waals surface area contributed by atoms with E-state index in [1.54, 1.807) is 0 Å². The van der Waals surface area contributed by atoms with Gasteiger partial charge < -0.3 is 10.6 Å². The van der Waals surface area contributed by atoms with Crippen LogP contribution in [-0.2, 0) is 4.79 Å². The van der Waals surface area contributed by atoms with Crippen LogP contribution in [0.15, 0.2) is 0 Å². The molecule has 2 rings (SSSR count). The molecule has 2 N–H and O–H groups in total. The van der Waals surface area contributed by atoms with Crippen LogP contribution in [0.25, 0.3) is 0 Å². The molecule has 0 saturated carbocycles. The third-order valence-corrected chi connectivity index (χ3v) is 3.00. The lowest BCUT2D eigenvalue weighted by atomic mass is 10.1. The van der Waals surface area contributed by atoms with Gasteiger partial charge in [0.25, 0.3) is 0 Å². The number of carbonyl (C=O) groups excluding carboxylic acids is 1. The maximum absolute atomic E-state index is 11.5. The second-order valence-electron chi connectivity index (χ2n) is 3.87. The summed E-state index contributed by atoms with van der Waals surface area (Å²) in [6.45, 7) is 5.96. The molecule has 0 bridgehead atoms. The van der Waals surface area contributed by atoms with Crippen LogP contribution < -0.4 is 10.6 Å². The second-order valence-corrected chi connectivity index (χ2v) is 3.87. The van der Waals surface area contributed by atoms with Crippen molar-refractivity contribution in [2.24, 2.45) is 0 Å². The van der Waals surface area contributed by atoms with Gasteiger partial charge in [0.2, 0.25) is 5.91 Å². The van der Waals surface area contributed by atoms with E-state index >= 15 is 0 Å². The molecule has 4 nitrogen and oxygen atoms in total. The van der Waals surface area contributed by atoms with Crippen LogP contribution >= 0.6 is 0 Å². The van der Waals surface area contributed by atoms with E-state index in [-0.39, 0.29) is 11.9 Å². The molecular weight excluding hydrogens is 166 g/mol. The summed E-state index contributed by atoms with van der Waals surface area (Å²) in [7, 11) is 0. The molecule has 2 fully saturated rings. The largest absolute Gasteiger partial charge is 0.355 e. The summed E-state index contributed by atoms with van der Waals surface area (Å²) in [6, 6.07) is 0.633. The Bertz CT molecular complexity index is 203. The molecule has 0 aromatic carbocycles. The lowest BCUT2D eigenvalue weighted by molar-refractivity contribution is -0.126. The minimum atomic E-state index is 0.0506. The van der Waals surface area contributed by atoms with Crippen molar-refractivity contribution >= 4 is 5.91 Å². The van der Waals surface area contributed by atoms with Crippen molar-refractivity contribution in [3.63, 3.8) is 0 Å². The Labute approximate surface area is 78.7 Å². The van der Waals surface area contributed by atoms with Crippen molar-refractivity contribution in [2.45, 2.75) is 25.4 Å². The first-order valence-electron chi connectivity index (χ1n) is 5.03. The number of nitrogens with zero attached hydrogens (tertiary/aromatic N) is 1. The number of carbonyl (C=O) groups is 1. The summed E-state index contributed by atoms with van der Waals surface area (Å²) in [4.78, 5) is 13.8. The quantitative estimate of drug-likeness (QED) is 0.557. The summed E-state index contributed by atoms with van der Waals surface area (Å²) in [6.07, 6.45) is 1.08. The molecule has 2 heterocycles. The van der Waals surface area contributed by atoms with Crippen molar-refractivity contribution in [1.82, 2.24) is 15.5 Å². The molecule has 1 unspecified atom stereocenters. The predicted molar refractivity (Wildman–Crippen MR) is 50.5 cm³/mol. The molecule has 13 heavy (non-hydrogen) atoms. The lowest BCUT2D eigenvalue weighted by Gasteiger charge is -2.40. The number of hydrogen-bond donors (Lipinski definition) is 2. The van der Waals surface area contributed by atoms with Gasteiger partial charge >= 0.3 is 0 Å². The molecule has 1 atom stereocenters. The summed E-state index contributed by atoms with van der Waals surface area (Å²) < 4.78 is 0. The van der Waals surface area contributed by atoms with Crippen LogP contribution in [0.3, 0.4) is 0 Å². The molecule has 0 aromatic heterocycles. The fourth-order valence-corrected chi connectivity index (χ4v) is 1.97. The zero-order valence-electron chi connectivity index (χ0n) is 8.05. The van der Waals surface area contributed by atoms with Gasteiger partial charge in [-0.1, -0.05) is 0 Å². The van der Waals surface area contributed by atoms with Crippen LogP contribution in [-0.4, -0.2) is 49.1 Å². The predicted octanol–water partition coefficient (Wildman–Crippen LogP) is -0.831. The zero-order chi connectivity index (χ0) is 9.26. The molecule has 0 aliphatic carbocycles. The molecular formula is C9H17N3O. The highest BCUT2D eigenvalue weighted by molar-refractivity contribution is 5.81. The average Bonchev–Trinajstić information content (AvgIpc) is 2.17. The van der Waals surface area contributed by atoms with Crippen LogP contribution in [0.5, 0.6) is 0 Å². The number of amides is 1. The fraction of sp³-hybridized carbons (Fsp3) is 0.889. The standard InChI is InChI=1S/C9H17N3O/c1-7-9(13)11-3-2-4-12(7)8-5-10-6-8/h7-8,10H,2-6H2,1H3,(H,11,13). The highest BCUT2D eigenvalue weighted by Crippen LogP contribution is 2.12. The maximum Gasteiger partial charge on any atom is 0.237 e. The van der Waals surface area contributed by atoms with Gasteiger partial charge in [0, 0.05) is 32.2 Å². The third-order valence-electron chi connectivity index (χ3n) is 3.00. The molecule has 4 heteroatoms. The summed E-state index contributed by atoms with van der Waals surface area (Å²) >= 11 is 0. The second kappa shape index (κ2) is 3.64. The van der Waals surface area contributed by atoms with Crippen LogP contribution in [0, 0.1) is 0 Å². The molecule has 2 aliphatic rings. The Balaban J connectivity index is 2.01. The Kier molecular flexibility index (Phi) is 2.51. The Morgan fingerprint density at radius 3 is 2.85 bits per heavy atom. The van der Waals surface area contributed by atoms with E-state index in [0.29, 0.717) is 6.04 Å². The van der Waals surface area contributed by atoms with Gasteiger partial charge in [0.05, 0.1) is 6.04 Å². The molecule has 74 valence electrons. The fourth-order valence-electron chi connectivity index (χ4n) is 1.97. The van der Waals surface area contributed by atoms with Crippen LogP contribution in [0.2, 0.25) is 0 Å². The van der Waals surface area contributed by atoms with Crippen molar-refractivity contribution in [2.75, 3.05) is 26.2 Å². The topological polar surface area (TPSA) is 44.4 Å². The smallest absolute Gasteiger partial charge is 0.237 e. The third kappa shape index (κ3) is 1.69.